The molecule has 1 aromatic rings. The molecule has 2 N–H and O–H groups in total. The second kappa shape index (κ2) is 4.20. The highest BCUT2D eigenvalue weighted by molar-refractivity contribution is 6.20. The van der Waals surface area contributed by atoms with Gasteiger partial charge in [0.25, 0.3) is 0 Å². The van der Waals surface area contributed by atoms with Gasteiger partial charge in [0.2, 0.25) is 0 Å². The number of alkyl halides is 1. The van der Waals surface area contributed by atoms with E-state index < -0.39 is 5.50 Å². The lowest BCUT2D eigenvalue weighted by molar-refractivity contribution is 0.408. The fourth-order valence-electron chi connectivity index (χ4n) is 1.69. The summed E-state index contributed by atoms with van der Waals surface area (Å²) in [5.41, 5.74) is 9.48. The number of hydrogen-bond acceptors (Lipinski definition) is 2. The topological polar surface area (TPSA) is 35.2 Å². The van der Waals surface area contributed by atoms with E-state index in [1.54, 1.807) is 7.11 Å². The quantitative estimate of drug-likeness (QED) is 0.606. The zero-order chi connectivity index (χ0) is 10.9. The Balaban J connectivity index is 3.40. The van der Waals surface area contributed by atoms with Gasteiger partial charge < -0.3 is 10.5 Å². The second-order valence-corrected chi connectivity index (χ2v) is 3.94. The zero-order valence-electron chi connectivity index (χ0n) is 9.02. The molecule has 0 heterocycles. The van der Waals surface area contributed by atoms with Gasteiger partial charge in [-0.25, -0.2) is 0 Å². The van der Waals surface area contributed by atoms with Crippen molar-refractivity contribution in [3.05, 3.63) is 28.3 Å². The van der Waals surface area contributed by atoms with Crippen LogP contribution in [0.25, 0.3) is 0 Å². The largest absolute Gasteiger partial charge is 0.496 e. The van der Waals surface area contributed by atoms with Gasteiger partial charge in [-0.15, -0.1) is 11.6 Å². The predicted octanol–water partition coefficient (Wildman–Crippen LogP) is 2.82. The molecule has 1 rings (SSSR count). The molecule has 0 fully saturated rings. The number of nitrogens with two attached hydrogens (primary N) is 1. The maximum Gasteiger partial charge on any atom is 0.124 e. The second-order valence-electron chi connectivity index (χ2n) is 3.47. The normalized spacial score (nSPS) is 12.7. The number of ether oxygens (including phenoxy) is 1. The summed E-state index contributed by atoms with van der Waals surface area (Å²) >= 11 is 5.88. The molecule has 0 saturated carbocycles. The van der Waals surface area contributed by atoms with Crippen molar-refractivity contribution in [2.75, 3.05) is 7.11 Å². The number of halogens is 1. The van der Waals surface area contributed by atoms with Gasteiger partial charge in [-0.05, 0) is 49.1 Å². The lowest BCUT2D eigenvalue weighted by atomic mass is 9.98. The molecule has 0 aliphatic rings. The van der Waals surface area contributed by atoms with E-state index in [0.29, 0.717) is 0 Å². The lowest BCUT2D eigenvalue weighted by Crippen LogP contribution is -2.07. The van der Waals surface area contributed by atoms with Crippen LogP contribution in [0.3, 0.4) is 0 Å². The molecule has 0 amide bonds. The summed E-state index contributed by atoms with van der Waals surface area (Å²) in [7, 11) is 1.68. The van der Waals surface area contributed by atoms with Gasteiger partial charge in [-0.1, -0.05) is 0 Å². The Labute approximate surface area is 90.0 Å². The molecule has 0 bridgehead atoms. The summed E-state index contributed by atoms with van der Waals surface area (Å²) in [5, 5.41) is 0. The third kappa shape index (κ3) is 1.86. The Kier molecular flexibility index (Phi) is 3.40. The van der Waals surface area contributed by atoms with E-state index in [1.165, 1.54) is 0 Å². The minimum Gasteiger partial charge on any atom is -0.496 e. The number of benzene rings is 1. The summed E-state index contributed by atoms with van der Waals surface area (Å²) in [6.07, 6.45) is 0. The van der Waals surface area contributed by atoms with E-state index >= 15 is 0 Å². The van der Waals surface area contributed by atoms with Crippen LogP contribution in [-0.2, 0) is 0 Å². The Bertz CT molecular complexity index is 348. The van der Waals surface area contributed by atoms with E-state index in [-0.39, 0.29) is 0 Å². The van der Waals surface area contributed by atoms with Gasteiger partial charge in [0.15, 0.2) is 0 Å². The highest BCUT2D eigenvalue weighted by atomic mass is 35.5. The Hall–Kier alpha value is -0.730. The third-order valence-electron chi connectivity index (χ3n) is 2.57. The van der Waals surface area contributed by atoms with Gasteiger partial charge in [0, 0.05) is 0 Å². The number of aryl methyl sites for hydroxylation is 1. The maximum absolute atomic E-state index is 5.88. The standard InChI is InChI=1S/C11H16ClNO/c1-6-5-9(11(12)13)7(2)8(3)10(6)14-4/h5,11H,13H2,1-4H3. The van der Waals surface area contributed by atoms with Crippen LogP contribution in [-0.4, -0.2) is 7.11 Å². The summed E-state index contributed by atoms with van der Waals surface area (Å²) in [6, 6.07) is 1.98. The van der Waals surface area contributed by atoms with Gasteiger partial charge in [-0.2, -0.15) is 0 Å². The van der Waals surface area contributed by atoms with Crippen molar-refractivity contribution < 1.29 is 4.74 Å². The minimum absolute atomic E-state index is 0.446. The molecule has 1 atom stereocenters. The molecule has 78 valence electrons. The number of methoxy groups -OCH3 is 1. The highest BCUT2D eigenvalue weighted by Gasteiger charge is 2.13. The van der Waals surface area contributed by atoms with Crippen LogP contribution in [0.4, 0.5) is 0 Å². The van der Waals surface area contributed by atoms with Crippen molar-refractivity contribution in [2.45, 2.75) is 26.3 Å². The highest BCUT2D eigenvalue weighted by Crippen LogP contribution is 2.31. The van der Waals surface area contributed by atoms with Crippen LogP contribution in [0.1, 0.15) is 27.8 Å². The van der Waals surface area contributed by atoms with Gasteiger partial charge in [0.1, 0.15) is 11.3 Å². The van der Waals surface area contributed by atoms with Crippen molar-refractivity contribution in [1.29, 1.82) is 0 Å². The first kappa shape index (κ1) is 11.3. The molecule has 1 aromatic carbocycles. The first-order chi connectivity index (χ1) is 6.49. The van der Waals surface area contributed by atoms with Crippen molar-refractivity contribution >= 4 is 11.6 Å². The zero-order valence-corrected chi connectivity index (χ0v) is 9.77. The van der Waals surface area contributed by atoms with E-state index in [1.807, 2.05) is 26.8 Å². The van der Waals surface area contributed by atoms with E-state index in [4.69, 9.17) is 22.1 Å². The smallest absolute Gasteiger partial charge is 0.124 e. The fraction of sp³-hybridized carbons (Fsp3) is 0.455. The summed E-state index contributed by atoms with van der Waals surface area (Å²) in [5.74, 6) is 0.920. The number of hydrogen-bond donors (Lipinski definition) is 1. The molecule has 0 radical (unpaired) electrons. The van der Waals surface area contributed by atoms with Crippen LogP contribution < -0.4 is 10.5 Å². The maximum atomic E-state index is 5.88. The third-order valence-corrected chi connectivity index (χ3v) is 2.80. The molecule has 1 unspecified atom stereocenters. The molecule has 2 nitrogen and oxygen atoms in total. The molecule has 0 saturated heterocycles. The Morgan fingerprint density at radius 2 is 1.86 bits per heavy atom. The lowest BCUT2D eigenvalue weighted by Gasteiger charge is -2.16. The van der Waals surface area contributed by atoms with E-state index in [0.717, 1.165) is 28.0 Å². The SMILES string of the molecule is COc1c(C)cc(C(N)Cl)c(C)c1C. The first-order valence-corrected chi connectivity index (χ1v) is 4.97. The van der Waals surface area contributed by atoms with Crippen LogP contribution in [0.15, 0.2) is 6.07 Å². The molecule has 0 aliphatic carbocycles. The average Bonchev–Trinajstić information content (AvgIpc) is 2.12. The van der Waals surface area contributed by atoms with Crippen molar-refractivity contribution in [1.82, 2.24) is 0 Å². The van der Waals surface area contributed by atoms with Crippen molar-refractivity contribution in [3.63, 3.8) is 0 Å². The van der Waals surface area contributed by atoms with E-state index in [9.17, 15) is 0 Å². The Morgan fingerprint density at radius 1 is 1.29 bits per heavy atom. The average molecular weight is 214 g/mol. The fourth-order valence-corrected chi connectivity index (χ4v) is 1.92. The molecule has 3 heteroatoms. The monoisotopic (exact) mass is 213 g/mol. The molecular weight excluding hydrogens is 198 g/mol. The molecular formula is C11H16ClNO. The van der Waals surface area contributed by atoms with Crippen LogP contribution >= 0.6 is 11.6 Å². The number of rotatable bonds is 2. The van der Waals surface area contributed by atoms with Gasteiger partial charge in [-0.3, -0.25) is 0 Å². The van der Waals surface area contributed by atoms with Crippen LogP contribution in [0, 0.1) is 20.8 Å². The molecule has 0 aliphatic heterocycles. The van der Waals surface area contributed by atoms with E-state index in [2.05, 4.69) is 0 Å². The minimum atomic E-state index is -0.446. The van der Waals surface area contributed by atoms with Crippen LogP contribution in [0.5, 0.6) is 5.75 Å². The predicted molar refractivity (Wildman–Crippen MR) is 60.0 cm³/mol. The molecule has 14 heavy (non-hydrogen) atoms. The molecule has 0 spiro atoms. The Morgan fingerprint density at radius 3 is 2.29 bits per heavy atom. The summed E-state index contributed by atoms with van der Waals surface area (Å²) in [4.78, 5) is 0. The van der Waals surface area contributed by atoms with Crippen molar-refractivity contribution in [2.24, 2.45) is 5.73 Å². The van der Waals surface area contributed by atoms with Gasteiger partial charge >= 0.3 is 0 Å². The van der Waals surface area contributed by atoms with Gasteiger partial charge in [0.05, 0.1) is 7.11 Å². The van der Waals surface area contributed by atoms with Crippen molar-refractivity contribution in [3.8, 4) is 5.75 Å². The first-order valence-electron chi connectivity index (χ1n) is 4.53. The summed E-state index contributed by atoms with van der Waals surface area (Å²) in [6.45, 7) is 6.02. The molecule has 0 aromatic heterocycles. The summed E-state index contributed by atoms with van der Waals surface area (Å²) < 4.78 is 5.31. The van der Waals surface area contributed by atoms with Crippen LogP contribution in [0.2, 0.25) is 0 Å².